The zero-order chi connectivity index (χ0) is 20.3. The summed E-state index contributed by atoms with van der Waals surface area (Å²) in [6, 6.07) is 16.3. The zero-order valence-corrected chi connectivity index (χ0v) is 17.1. The normalized spacial score (nSPS) is 15.9. The number of nitrogens with zero attached hydrogens (tertiary/aromatic N) is 1. The number of methoxy groups -OCH3 is 1. The van der Waals surface area contributed by atoms with Gasteiger partial charge < -0.3 is 19.4 Å². The number of carbonyl (C=O) groups excluding carboxylic acids is 1. The predicted molar refractivity (Wildman–Crippen MR) is 114 cm³/mol. The fourth-order valence-corrected chi connectivity index (χ4v) is 4.31. The van der Waals surface area contributed by atoms with Gasteiger partial charge in [0.05, 0.1) is 12.5 Å². The van der Waals surface area contributed by atoms with Crippen molar-refractivity contribution in [2.75, 3.05) is 26.9 Å². The molecule has 1 fully saturated rings. The maximum atomic E-state index is 13.3. The number of nitrogens with one attached hydrogen (secondary N) is 1. The third kappa shape index (κ3) is 3.75. The number of benzene rings is 2. The van der Waals surface area contributed by atoms with Crippen LogP contribution in [0.2, 0.25) is 0 Å². The van der Waals surface area contributed by atoms with Crippen LogP contribution in [-0.4, -0.2) is 37.3 Å². The van der Waals surface area contributed by atoms with E-state index >= 15 is 0 Å². The van der Waals surface area contributed by atoms with Crippen LogP contribution in [0.1, 0.15) is 24.0 Å². The Labute approximate surface area is 171 Å². The Morgan fingerprint density at radius 2 is 1.90 bits per heavy atom. The number of ether oxygens (including phenoxy) is 2. The number of hydrogen-bond donors (Lipinski definition) is 1. The number of aryl methyl sites for hydroxylation is 1. The van der Waals surface area contributed by atoms with Gasteiger partial charge in [0.1, 0.15) is 5.75 Å². The summed E-state index contributed by atoms with van der Waals surface area (Å²) in [5, 5.41) is 4.45. The summed E-state index contributed by atoms with van der Waals surface area (Å²) in [6.45, 7) is 4.66. The molecule has 0 radical (unpaired) electrons. The van der Waals surface area contributed by atoms with E-state index < -0.39 is 5.41 Å². The molecule has 29 heavy (non-hydrogen) atoms. The smallest absolute Gasteiger partial charge is 0.230 e. The Bertz CT molecular complexity index is 985. The first kappa shape index (κ1) is 19.5. The minimum atomic E-state index is -0.542. The van der Waals surface area contributed by atoms with Gasteiger partial charge in [-0.15, -0.1) is 0 Å². The Kier molecular flexibility index (Phi) is 5.58. The lowest BCUT2D eigenvalue weighted by Crippen LogP contribution is -2.48. The zero-order valence-electron chi connectivity index (χ0n) is 17.1. The van der Waals surface area contributed by atoms with Crippen LogP contribution in [0.4, 0.5) is 0 Å². The highest BCUT2D eigenvalue weighted by Crippen LogP contribution is 2.36. The molecule has 0 spiro atoms. The van der Waals surface area contributed by atoms with Crippen LogP contribution in [0.15, 0.2) is 54.7 Å². The van der Waals surface area contributed by atoms with Crippen molar-refractivity contribution in [2.45, 2.75) is 31.7 Å². The van der Waals surface area contributed by atoms with Crippen LogP contribution < -0.4 is 10.1 Å². The highest BCUT2D eigenvalue weighted by molar-refractivity contribution is 5.88. The largest absolute Gasteiger partial charge is 0.497 e. The van der Waals surface area contributed by atoms with E-state index in [0.29, 0.717) is 32.6 Å². The molecule has 1 aromatic heterocycles. The SMILES string of the molecule is COc1ccc(C2(C(=O)NCCn3ccc4c(C)cccc43)CCOCC2)cc1. The molecule has 1 N–H and O–H groups in total. The molecule has 2 aromatic carbocycles. The van der Waals surface area contributed by atoms with Crippen molar-refractivity contribution in [1.29, 1.82) is 0 Å². The third-order valence-electron chi connectivity index (χ3n) is 6.09. The molecule has 0 atom stereocenters. The van der Waals surface area contributed by atoms with Gasteiger partial charge in [0, 0.05) is 43.4 Å². The van der Waals surface area contributed by atoms with Crippen molar-refractivity contribution < 1.29 is 14.3 Å². The molecule has 152 valence electrons. The molecule has 1 aliphatic rings. The lowest BCUT2D eigenvalue weighted by atomic mass is 9.73. The molecular weight excluding hydrogens is 364 g/mol. The van der Waals surface area contributed by atoms with E-state index in [0.717, 1.165) is 17.9 Å². The molecule has 0 unspecified atom stereocenters. The molecule has 1 aliphatic heterocycles. The Morgan fingerprint density at radius 1 is 1.14 bits per heavy atom. The van der Waals surface area contributed by atoms with Gasteiger partial charge >= 0.3 is 0 Å². The van der Waals surface area contributed by atoms with Crippen LogP contribution in [0.25, 0.3) is 10.9 Å². The van der Waals surface area contributed by atoms with Crippen LogP contribution in [0.3, 0.4) is 0 Å². The summed E-state index contributed by atoms with van der Waals surface area (Å²) >= 11 is 0. The topological polar surface area (TPSA) is 52.5 Å². The average molecular weight is 392 g/mol. The second-order valence-corrected chi connectivity index (χ2v) is 7.70. The van der Waals surface area contributed by atoms with Gasteiger partial charge in [0.25, 0.3) is 0 Å². The van der Waals surface area contributed by atoms with Gasteiger partial charge in [-0.05, 0) is 55.2 Å². The molecule has 2 heterocycles. The van der Waals surface area contributed by atoms with Crippen molar-refractivity contribution in [3.63, 3.8) is 0 Å². The quantitative estimate of drug-likeness (QED) is 0.694. The van der Waals surface area contributed by atoms with Crippen molar-refractivity contribution in [3.05, 3.63) is 65.9 Å². The highest BCUT2D eigenvalue weighted by Gasteiger charge is 2.41. The van der Waals surface area contributed by atoms with Crippen molar-refractivity contribution in [3.8, 4) is 5.75 Å². The van der Waals surface area contributed by atoms with E-state index in [1.54, 1.807) is 7.11 Å². The molecule has 3 aromatic rings. The first-order valence-corrected chi connectivity index (χ1v) is 10.2. The summed E-state index contributed by atoms with van der Waals surface area (Å²) in [6.07, 6.45) is 3.48. The second-order valence-electron chi connectivity index (χ2n) is 7.70. The average Bonchev–Trinajstić information content (AvgIpc) is 3.18. The standard InChI is InChI=1S/C24H28N2O3/c1-18-4-3-5-22-21(18)10-14-26(22)15-13-25-23(27)24(11-16-29-17-12-24)19-6-8-20(28-2)9-7-19/h3-10,14H,11-13,15-17H2,1-2H3,(H,25,27). The van der Waals surface area contributed by atoms with E-state index in [1.165, 1.54) is 16.5 Å². The molecule has 5 nitrogen and oxygen atoms in total. The van der Waals surface area contributed by atoms with E-state index in [1.807, 2.05) is 24.3 Å². The van der Waals surface area contributed by atoms with Crippen molar-refractivity contribution in [1.82, 2.24) is 9.88 Å². The lowest BCUT2D eigenvalue weighted by molar-refractivity contribution is -0.130. The Hall–Kier alpha value is -2.79. The number of fused-ring (bicyclic) bond motifs is 1. The number of amides is 1. The van der Waals surface area contributed by atoms with Crippen LogP contribution in [-0.2, 0) is 21.5 Å². The molecule has 0 aliphatic carbocycles. The molecule has 1 saturated heterocycles. The lowest BCUT2D eigenvalue weighted by Gasteiger charge is -2.36. The van der Waals surface area contributed by atoms with Gasteiger partial charge in [0.15, 0.2) is 0 Å². The van der Waals surface area contributed by atoms with Crippen LogP contribution >= 0.6 is 0 Å². The first-order chi connectivity index (χ1) is 14.1. The minimum absolute atomic E-state index is 0.0820. The van der Waals surface area contributed by atoms with Gasteiger partial charge in [-0.25, -0.2) is 0 Å². The van der Waals surface area contributed by atoms with Gasteiger partial charge in [-0.2, -0.15) is 0 Å². The third-order valence-corrected chi connectivity index (χ3v) is 6.09. The van der Waals surface area contributed by atoms with E-state index in [2.05, 4.69) is 47.3 Å². The summed E-state index contributed by atoms with van der Waals surface area (Å²) in [5.41, 5.74) is 2.96. The fraction of sp³-hybridized carbons (Fsp3) is 0.375. The number of rotatable bonds is 6. The molecule has 0 saturated carbocycles. The van der Waals surface area contributed by atoms with Crippen LogP contribution in [0, 0.1) is 6.92 Å². The van der Waals surface area contributed by atoms with Crippen molar-refractivity contribution in [2.24, 2.45) is 0 Å². The number of hydrogen-bond acceptors (Lipinski definition) is 3. The molecule has 1 amide bonds. The summed E-state index contributed by atoms with van der Waals surface area (Å²) in [5.74, 6) is 0.879. The van der Waals surface area contributed by atoms with E-state index in [9.17, 15) is 4.79 Å². The number of carbonyl (C=O) groups is 1. The summed E-state index contributed by atoms with van der Waals surface area (Å²) in [4.78, 5) is 13.3. The molecule has 0 bridgehead atoms. The second kappa shape index (κ2) is 8.29. The predicted octanol–water partition coefficient (Wildman–Crippen LogP) is 3.82. The van der Waals surface area contributed by atoms with Crippen molar-refractivity contribution >= 4 is 16.8 Å². The molecular formula is C24H28N2O3. The maximum absolute atomic E-state index is 13.3. The molecule has 4 rings (SSSR count). The Balaban J connectivity index is 1.48. The van der Waals surface area contributed by atoms with Gasteiger partial charge in [-0.3, -0.25) is 4.79 Å². The monoisotopic (exact) mass is 392 g/mol. The minimum Gasteiger partial charge on any atom is -0.497 e. The fourth-order valence-electron chi connectivity index (χ4n) is 4.31. The van der Waals surface area contributed by atoms with E-state index in [4.69, 9.17) is 9.47 Å². The number of aromatic nitrogens is 1. The summed E-state index contributed by atoms with van der Waals surface area (Å²) < 4.78 is 13.0. The van der Waals surface area contributed by atoms with Crippen LogP contribution in [0.5, 0.6) is 5.75 Å². The highest BCUT2D eigenvalue weighted by atomic mass is 16.5. The summed E-state index contributed by atoms with van der Waals surface area (Å²) in [7, 11) is 1.65. The van der Waals surface area contributed by atoms with Gasteiger partial charge in [0.2, 0.25) is 5.91 Å². The van der Waals surface area contributed by atoms with E-state index in [-0.39, 0.29) is 5.91 Å². The molecule has 5 heteroatoms. The maximum Gasteiger partial charge on any atom is 0.230 e. The Morgan fingerprint density at radius 3 is 2.62 bits per heavy atom. The van der Waals surface area contributed by atoms with Gasteiger partial charge in [-0.1, -0.05) is 24.3 Å². The first-order valence-electron chi connectivity index (χ1n) is 10.2.